The molecule has 1 aromatic carbocycles. The highest BCUT2D eigenvalue weighted by molar-refractivity contribution is 5.87. The number of rotatable bonds is 2. The van der Waals surface area contributed by atoms with E-state index in [9.17, 15) is 9.59 Å². The summed E-state index contributed by atoms with van der Waals surface area (Å²) < 4.78 is 9.65. The van der Waals surface area contributed by atoms with Crippen molar-refractivity contribution in [2.24, 2.45) is 0 Å². The van der Waals surface area contributed by atoms with Crippen LogP contribution in [0.5, 0.6) is 0 Å². The molecule has 114 valence electrons. The quantitative estimate of drug-likeness (QED) is 0.788. The first-order chi connectivity index (χ1) is 10.5. The zero-order valence-corrected chi connectivity index (χ0v) is 12.6. The first kappa shape index (κ1) is 14.4. The Labute approximate surface area is 127 Å². The molecule has 22 heavy (non-hydrogen) atoms. The first-order valence-electron chi connectivity index (χ1n) is 6.99. The van der Waals surface area contributed by atoms with Crippen molar-refractivity contribution in [3.63, 3.8) is 0 Å². The van der Waals surface area contributed by atoms with Gasteiger partial charge < -0.3 is 9.47 Å². The Balaban J connectivity index is 2.19. The van der Waals surface area contributed by atoms with Gasteiger partial charge in [0.25, 0.3) is 0 Å². The zero-order chi connectivity index (χ0) is 15.9. The van der Waals surface area contributed by atoms with Crippen LogP contribution in [-0.2, 0) is 19.1 Å². The number of hydrogen-bond donors (Lipinski definition) is 0. The van der Waals surface area contributed by atoms with E-state index in [-0.39, 0.29) is 6.42 Å². The molecule has 0 radical (unpaired) electrons. The third-order valence-electron chi connectivity index (χ3n) is 3.98. The molecule has 0 fully saturated rings. The van der Waals surface area contributed by atoms with Crippen molar-refractivity contribution < 1.29 is 19.1 Å². The number of methoxy groups -OCH3 is 2. The first-order valence-corrected chi connectivity index (χ1v) is 6.99. The maximum Gasteiger partial charge on any atom is 0.314 e. The Kier molecular flexibility index (Phi) is 3.52. The Morgan fingerprint density at radius 1 is 1.00 bits per heavy atom. The minimum absolute atomic E-state index is 0.282. The van der Waals surface area contributed by atoms with Gasteiger partial charge in [-0.2, -0.15) is 0 Å². The molecule has 0 N–H and O–H groups in total. The van der Waals surface area contributed by atoms with Gasteiger partial charge in [0.1, 0.15) is 11.8 Å². The molecule has 2 aromatic rings. The van der Waals surface area contributed by atoms with Crippen LogP contribution in [0.2, 0.25) is 0 Å². The second-order valence-corrected chi connectivity index (χ2v) is 5.37. The molecule has 0 saturated heterocycles. The molecule has 6 nitrogen and oxygen atoms in total. The van der Waals surface area contributed by atoms with Gasteiger partial charge in [-0.05, 0) is 31.0 Å². The molecule has 3 rings (SSSR count). The second-order valence-electron chi connectivity index (χ2n) is 5.37. The highest BCUT2D eigenvalue weighted by Crippen LogP contribution is 2.41. The summed E-state index contributed by atoms with van der Waals surface area (Å²) in [5.41, 5.74) is 3.49. The van der Waals surface area contributed by atoms with Crippen molar-refractivity contribution in [3.05, 3.63) is 35.2 Å². The van der Waals surface area contributed by atoms with Crippen LogP contribution in [0.15, 0.2) is 18.2 Å². The van der Waals surface area contributed by atoms with E-state index in [0.717, 1.165) is 5.56 Å². The summed E-state index contributed by atoms with van der Waals surface area (Å²) in [7, 11) is 2.65. The predicted molar refractivity (Wildman–Crippen MR) is 78.4 cm³/mol. The SMILES string of the molecule is COC(=O)[C@H]1C[C@@H](C(=O)OC)c2nc3cc(C)ccc3nc21. The number of fused-ring (bicyclic) bond motifs is 2. The number of nitrogens with zero attached hydrogens (tertiary/aromatic N) is 2. The molecule has 0 spiro atoms. The van der Waals surface area contributed by atoms with Gasteiger partial charge in [0.15, 0.2) is 0 Å². The molecule has 1 aliphatic rings. The van der Waals surface area contributed by atoms with E-state index in [1.165, 1.54) is 14.2 Å². The lowest BCUT2D eigenvalue weighted by Gasteiger charge is -2.08. The summed E-state index contributed by atoms with van der Waals surface area (Å²) >= 11 is 0. The highest BCUT2D eigenvalue weighted by atomic mass is 16.5. The molecule has 0 aliphatic heterocycles. The molecule has 2 atom stereocenters. The third kappa shape index (κ3) is 2.20. The summed E-state index contributed by atoms with van der Waals surface area (Å²) in [4.78, 5) is 33.1. The van der Waals surface area contributed by atoms with Crippen molar-refractivity contribution >= 4 is 23.0 Å². The summed E-state index contributed by atoms with van der Waals surface area (Å²) in [6.07, 6.45) is 0.282. The average molecular weight is 300 g/mol. The lowest BCUT2D eigenvalue weighted by atomic mass is 10.0. The molecule has 0 amide bonds. The number of aromatic nitrogens is 2. The van der Waals surface area contributed by atoms with Crippen molar-refractivity contribution in [1.29, 1.82) is 0 Å². The summed E-state index contributed by atoms with van der Waals surface area (Å²) in [6.45, 7) is 1.96. The molecule has 1 heterocycles. The minimum Gasteiger partial charge on any atom is -0.469 e. The van der Waals surface area contributed by atoms with Crippen LogP contribution >= 0.6 is 0 Å². The number of ether oxygens (including phenoxy) is 2. The van der Waals surface area contributed by atoms with Gasteiger partial charge in [-0.1, -0.05) is 6.07 Å². The maximum atomic E-state index is 12.0. The largest absolute Gasteiger partial charge is 0.469 e. The van der Waals surface area contributed by atoms with Crippen molar-refractivity contribution in [2.75, 3.05) is 14.2 Å². The summed E-state index contributed by atoms with van der Waals surface area (Å²) in [5, 5.41) is 0. The summed E-state index contributed by atoms with van der Waals surface area (Å²) in [5.74, 6) is -1.98. The maximum absolute atomic E-state index is 12.0. The van der Waals surface area contributed by atoms with E-state index < -0.39 is 23.8 Å². The fourth-order valence-electron chi connectivity index (χ4n) is 2.86. The fraction of sp³-hybridized carbons (Fsp3) is 0.375. The lowest BCUT2D eigenvalue weighted by Crippen LogP contribution is -2.15. The van der Waals surface area contributed by atoms with E-state index in [4.69, 9.17) is 9.47 Å². The van der Waals surface area contributed by atoms with Gasteiger partial charge in [0.2, 0.25) is 0 Å². The number of carbonyl (C=O) groups excluding carboxylic acids is 2. The van der Waals surface area contributed by atoms with E-state index in [1.54, 1.807) is 0 Å². The lowest BCUT2D eigenvalue weighted by molar-refractivity contribution is -0.144. The molecule has 0 saturated carbocycles. The third-order valence-corrected chi connectivity index (χ3v) is 3.98. The van der Waals surface area contributed by atoms with Crippen LogP contribution in [0.1, 0.15) is 35.2 Å². The normalized spacial score (nSPS) is 19.8. The highest BCUT2D eigenvalue weighted by Gasteiger charge is 2.43. The predicted octanol–water partition coefficient (Wildman–Crippen LogP) is 1.86. The average Bonchev–Trinajstić information content (AvgIpc) is 2.89. The standard InChI is InChI=1S/C16H16N2O4/c1-8-4-5-11-12(6-8)18-14-10(16(20)22-3)7-9(13(14)17-11)15(19)21-2/h4-6,9-10H,7H2,1-3H3/t9-,10+/m0/s1. The number of carbonyl (C=O) groups is 2. The number of aryl methyl sites for hydroxylation is 1. The summed E-state index contributed by atoms with van der Waals surface area (Å²) in [6, 6.07) is 5.70. The minimum atomic E-state index is -0.582. The van der Waals surface area contributed by atoms with E-state index in [2.05, 4.69) is 9.97 Å². The monoisotopic (exact) mass is 300 g/mol. The van der Waals surface area contributed by atoms with Crippen molar-refractivity contribution in [3.8, 4) is 0 Å². The molecular weight excluding hydrogens is 284 g/mol. The number of hydrogen-bond acceptors (Lipinski definition) is 6. The van der Waals surface area contributed by atoms with Crippen LogP contribution in [0.25, 0.3) is 11.0 Å². The number of benzene rings is 1. The Morgan fingerprint density at radius 2 is 1.55 bits per heavy atom. The molecule has 0 bridgehead atoms. The van der Waals surface area contributed by atoms with E-state index in [1.807, 2.05) is 25.1 Å². The van der Waals surface area contributed by atoms with Gasteiger partial charge >= 0.3 is 11.9 Å². The van der Waals surface area contributed by atoms with Gasteiger partial charge in [-0.25, -0.2) is 9.97 Å². The van der Waals surface area contributed by atoms with Crippen LogP contribution < -0.4 is 0 Å². The van der Waals surface area contributed by atoms with Gasteiger partial charge in [0, 0.05) is 0 Å². The van der Waals surface area contributed by atoms with Crippen LogP contribution in [0, 0.1) is 6.92 Å². The molecular formula is C16H16N2O4. The molecule has 0 unspecified atom stereocenters. The van der Waals surface area contributed by atoms with E-state index >= 15 is 0 Å². The molecule has 6 heteroatoms. The van der Waals surface area contributed by atoms with Crippen molar-refractivity contribution in [1.82, 2.24) is 9.97 Å². The Morgan fingerprint density at radius 3 is 2.09 bits per heavy atom. The topological polar surface area (TPSA) is 78.4 Å². The van der Waals surface area contributed by atoms with Crippen LogP contribution in [0.4, 0.5) is 0 Å². The van der Waals surface area contributed by atoms with Gasteiger partial charge in [-0.15, -0.1) is 0 Å². The van der Waals surface area contributed by atoms with Gasteiger partial charge in [-0.3, -0.25) is 9.59 Å². The van der Waals surface area contributed by atoms with Crippen LogP contribution in [0.3, 0.4) is 0 Å². The smallest absolute Gasteiger partial charge is 0.314 e. The second kappa shape index (κ2) is 5.36. The van der Waals surface area contributed by atoms with Gasteiger partial charge in [0.05, 0.1) is 36.6 Å². The van der Waals surface area contributed by atoms with Crippen molar-refractivity contribution in [2.45, 2.75) is 25.2 Å². The zero-order valence-electron chi connectivity index (χ0n) is 12.6. The van der Waals surface area contributed by atoms with E-state index in [0.29, 0.717) is 22.4 Å². The van der Waals surface area contributed by atoms with Crippen LogP contribution in [-0.4, -0.2) is 36.1 Å². The Hall–Kier alpha value is -2.50. The number of esters is 2. The molecule has 1 aliphatic carbocycles. The molecule has 1 aromatic heterocycles. The fourth-order valence-corrected chi connectivity index (χ4v) is 2.86. The Bertz CT molecular complexity index is 772.